The fourth-order valence-electron chi connectivity index (χ4n) is 3.64. The van der Waals surface area contributed by atoms with Gasteiger partial charge in [0.2, 0.25) is 0 Å². The molecule has 21 heavy (non-hydrogen) atoms. The van der Waals surface area contributed by atoms with E-state index >= 15 is 0 Å². The van der Waals surface area contributed by atoms with Gasteiger partial charge in [-0.15, -0.1) is 0 Å². The minimum absolute atomic E-state index is 0.148. The van der Waals surface area contributed by atoms with Crippen LogP contribution in [-0.4, -0.2) is 28.0 Å². The SMILES string of the molecule is Cc1nn(CCO)c(C)c1CNCCC1CCCC(C)C1. The maximum Gasteiger partial charge on any atom is 0.0644 e. The van der Waals surface area contributed by atoms with Crippen LogP contribution in [0.15, 0.2) is 0 Å². The molecule has 120 valence electrons. The summed E-state index contributed by atoms with van der Waals surface area (Å²) in [4.78, 5) is 0. The number of nitrogens with zero attached hydrogens (tertiary/aromatic N) is 2. The molecular weight excluding hydrogens is 262 g/mol. The van der Waals surface area contributed by atoms with Crippen molar-refractivity contribution in [1.29, 1.82) is 0 Å². The molecular formula is C17H31N3O. The fraction of sp³-hybridized carbons (Fsp3) is 0.824. The molecule has 1 aliphatic carbocycles. The van der Waals surface area contributed by atoms with Crippen LogP contribution in [0, 0.1) is 25.7 Å². The summed E-state index contributed by atoms with van der Waals surface area (Å²) in [7, 11) is 0. The fourth-order valence-corrected chi connectivity index (χ4v) is 3.64. The zero-order chi connectivity index (χ0) is 15.2. The lowest BCUT2D eigenvalue weighted by Crippen LogP contribution is -2.21. The first-order chi connectivity index (χ1) is 10.1. The summed E-state index contributed by atoms with van der Waals surface area (Å²) in [5, 5.41) is 17.1. The third kappa shape index (κ3) is 4.55. The van der Waals surface area contributed by atoms with E-state index in [0.717, 1.165) is 30.6 Å². The third-order valence-electron chi connectivity index (χ3n) is 4.92. The highest BCUT2D eigenvalue weighted by molar-refractivity contribution is 5.24. The Kier molecular flexibility index (Phi) is 6.24. The molecule has 2 atom stereocenters. The number of rotatable bonds is 7. The topological polar surface area (TPSA) is 50.1 Å². The van der Waals surface area contributed by atoms with Crippen molar-refractivity contribution in [2.75, 3.05) is 13.2 Å². The molecule has 2 N–H and O–H groups in total. The van der Waals surface area contributed by atoms with Gasteiger partial charge < -0.3 is 10.4 Å². The van der Waals surface area contributed by atoms with Crippen LogP contribution in [0.5, 0.6) is 0 Å². The molecule has 1 aromatic rings. The zero-order valence-electron chi connectivity index (χ0n) is 13.9. The molecule has 0 saturated heterocycles. The summed E-state index contributed by atoms with van der Waals surface area (Å²) in [5.74, 6) is 1.84. The molecule has 0 aliphatic heterocycles. The van der Waals surface area contributed by atoms with E-state index in [1.54, 1.807) is 0 Å². The minimum atomic E-state index is 0.148. The molecule has 2 unspecified atom stereocenters. The van der Waals surface area contributed by atoms with E-state index in [1.165, 1.54) is 43.4 Å². The summed E-state index contributed by atoms with van der Waals surface area (Å²) in [5.41, 5.74) is 3.56. The van der Waals surface area contributed by atoms with E-state index < -0.39 is 0 Å². The summed E-state index contributed by atoms with van der Waals surface area (Å²) in [6.07, 6.45) is 6.96. The van der Waals surface area contributed by atoms with Crippen molar-refractivity contribution >= 4 is 0 Å². The lowest BCUT2D eigenvalue weighted by Gasteiger charge is -2.26. The normalized spacial score (nSPS) is 22.7. The van der Waals surface area contributed by atoms with E-state index in [4.69, 9.17) is 5.11 Å². The van der Waals surface area contributed by atoms with Crippen molar-refractivity contribution in [2.45, 2.75) is 66.0 Å². The van der Waals surface area contributed by atoms with Gasteiger partial charge in [-0.2, -0.15) is 5.10 Å². The number of aliphatic hydroxyl groups excluding tert-OH is 1. The van der Waals surface area contributed by atoms with E-state index in [1.807, 2.05) is 4.68 Å². The number of aromatic nitrogens is 2. The van der Waals surface area contributed by atoms with E-state index in [0.29, 0.717) is 6.54 Å². The molecule has 0 aromatic carbocycles. The van der Waals surface area contributed by atoms with Crippen molar-refractivity contribution in [2.24, 2.45) is 11.8 Å². The van der Waals surface area contributed by atoms with Gasteiger partial charge >= 0.3 is 0 Å². The van der Waals surface area contributed by atoms with Crippen LogP contribution in [0.3, 0.4) is 0 Å². The second-order valence-electron chi connectivity index (χ2n) is 6.70. The molecule has 4 heteroatoms. The molecule has 0 spiro atoms. The molecule has 1 fully saturated rings. The lowest BCUT2D eigenvalue weighted by atomic mass is 9.81. The summed E-state index contributed by atoms with van der Waals surface area (Å²) in [6.45, 7) is 9.27. The van der Waals surface area contributed by atoms with Gasteiger partial charge in [-0.05, 0) is 45.1 Å². The first kappa shape index (κ1) is 16.5. The smallest absolute Gasteiger partial charge is 0.0644 e. The van der Waals surface area contributed by atoms with Crippen molar-refractivity contribution in [1.82, 2.24) is 15.1 Å². The molecule has 0 amide bonds. The first-order valence-corrected chi connectivity index (χ1v) is 8.46. The number of hydrogen-bond donors (Lipinski definition) is 2. The van der Waals surface area contributed by atoms with Crippen molar-refractivity contribution in [3.05, 3.63) is 17.0 Å². The van der Waals surface area contributed by atoms with E-state index in [9.17, 15) is 0 Å². The van der Waals surface area contributed by atoms with Crippen LogP contribution < -0.4 is 5.32 Å². The molecule has 1 saturated carbocycles. The summed E-state index contributed by atoms with van der Waals surface area (Å²) >= 11 is 0. The average molecular weight is 293 g/mol. The van der Waals surface area contributed by atoms with Gasteiger partial charge in [-0.3, -0.25) is 4.68 Å². The Morgan fingerprint density at radius 2 is 2.14 bits per heavy atom. The average Bonchev–Trinajstić information content (AvgIpc) is 2.71. The van der Waals surface area contributed by atoms with Gasteiger partial charge in [0.15, 0.2) is 0 Å². The molecule has 0 radical (unpaired) electrons. The maximum atomic E-state index is 9.05. The predicted molar refractivity (Wildman–Crippen MR) is 86.2 cm³/mol. The molecule has 2 rings (SSSR count). The highest BCUT2D eigenvalue weighted by Crippen LogP contribution is 2.30. The van der Waals surface area contributed by atoms with Gasteiger partial charge in [0.25, 0.3) is 0 Å². The first-order valence-electron chi connectivity index (χ1n) is 8.46. The predicted octanol–water partition coefficient (Wildman–Crippen LogP) is 2.80. The molecule has 0 bridgehead atoms. The molecule has 4 nitrogen and oxygen atoms in total. The highest BCUT2D eigenvalue weighted by atomic mass is 16.3. The summed E-state index contributed by atoms with van der Waals surface area (Å²) < 4.78 is 1.91. The lowest BCUT2D eigenvalue weighted by molar-refractivity contribution is 0.267. The van der Waals surface area contributed by atoms with Gasteiger partial charge in [0.05, 0.1) is 18.8 Å². The monoisotopic (exact) mass is 293 g/mol. The Hall–Kier alpha value is -0.870. The minimum Gasteiger partial charge on any atom is -0.394 e. The van der Waals surface area contributed by atoms with Crippen LogP contribution in [0.2, 0.25) is 0 Å². The molecule has 1 aliphatic rings. The van der Waals surface area contributed by atoms with Gasteiger partial charge in [-0.1, -0.05) is 26.2 Å². The maximum absolute atomic E-state index is 9.05. The standard InChI is InChI=1S/C17H31N3O/c1-13-5-4-6-16(11-13)7-8-18-12-17-14(2)19-20(9-10-21)15(17)3/h13,16,18,21H,4-12H2,1-3H3. The quantitative estimate of drug-likeness (QED) is 0.760. The molecule has 1 aromatic heterocycles. The summed E-state index contributed by atoms with van der Waals surface area (Å²) in [6, 6.07) is 0. The Balaban J connectivity index is 1.75. The Morgan fingerprint density at radius 3 is 2.86 bits per heavy atom. The van der Waals surface area contributed by atoms with Crippen LogP contribution >= 0.6 is 0 Å². The van der Waals surface area contributed by atoms with E-state index in [2.05, 4.69) is 31.2 Å². The highest BCUT2D eigenvalue weighted by Gasteiger charge is 2.18. The van der Waals surface area contributed by atoms with Crippen LogP contribution in [0.25, 0.3) is 0 Å². The number of aryl methyl sites for hydroxylation is 1. The third-order valence-corrected chi connectivity index (χ3v) is 4.92. The van der Waals surface area contributed by atoms with E-state index in [-0.39, 0.29) is 6.61 Å². The largest absolute Gasteiger partial charge is 0.394 e. The second-order valence-corrected chi connectivity index (χ2v) is 6.70. The van der Waals surface area contributed by atoms with Gasteiger partial charge in [-0.25, -0.2) is 0 Å². The van der Waals surface area contributed by atoms with Crippen LogP contribution in [0.1, 0.15) is 56.0 Å². The van der Waals surface area contributed by atoms with Gasteiger partial charge in [0.1, 0.15) is 0 Å². The zero-order valence-corrected chi connectivity index (χ0v) is 13.9. The van der Waals surface area contributed by atoms with Crippen molar-refractivity contribution in [3.63, 3.8) is 0 Å². The van der Waals surface area contributed by atoms with Gasteiger partial charge in [0, 0.05) is 17.8 Å². The van der Waals surface area contributed by atoms with Crippen LogP contribution in [-0.2, 0) is 13.1 Å². The number of aliphatic hydroxyl groups is 1. The number of nitrogens with one attached hydrogen (secondary N) is 1. The van der Waals surface area contributed by atoms with Crippen molar-refractivity contribution < 1.29 is 5.11 Å². The molecule has 1 heterocycles. The number of hydrogen-bond acceptors (Lipinski definition) is 3. The van der Waals surface area contributed by atoms with Crippen LogP contribution in [0.4, 0.5) is 0 Å². The Morgan fingerprint density at radius 1 is 1.33 bits per heavy atom. The Bertz CT molecular complexity index is 441. The Labute approximate surface area is 128 Å². The van der Waals surface area contributed by atoms with Crippen molar-refractivity contribution in [3.8, 4) is 0 Å². The second kappa shape index (κ2) is 7.95.